The van der Waals surface area contributed by atoms with Crippen molar-refractivity contribution in [2.75, 3.05) is 17.7 Å². The lowest BCUT2D eigenvalue weighted by Crippen LogP contribution is -2.18. The second-order valence-corrected chi connectivity index (χ2v) is 5.91. The third kappa shape index (κ3) is 4.02. The van der Waals surface area contributed by atoms with Crippen LogP contribution in [-0.4, -0.2) is 23.9 Å². The predicted octanol–water partition coefficient (Wildman–Crippen LogP) is 3.66. The third-order valence-corrected chi connectivity index (χ3v) is 4.11. The van der Waals surface area contributed by atoms with Crippen LogP contribution in [0.15, 0.2) is 60.1 Å². The van der Waals surface area contributed by atoms with Crippen LogP contribution in [0.2, 0.25) is 0 Å². The number of nitrogens with one attached hydrogen (secondary N) is 2. The Hall–Kier alpha value is -3.19. The number of carbonyl (C=O) groups is 2. The molecule has 0 aliphatic carbocycles. The summed E-state index contributed by atoms with van der Waals surface area (Å²) in [5, 5.41) is 7.75. The van der Waals surface area contributed by atoms with Crippen molar-refractivity contribution in [3.8, 4) is 5.75 Å². The Kier molecular flexibility index (Phi) is 5.06. The number of carbonyl (C=O) groups excluding carboxylic acids is 2. The van der Waals surface area contributed by atoms with Crippen molar-refractivity contribution >= 4 is 34.0 Å². The first-order valence-corrected chi connectivity index (χ1v) is 8.30. The second kappa shape index (κ2) is 7.59. The van der Waals surface area contributed by atoms with Gasteiger partial charge >= 0.3 is 0 Å². The summed E-state index contributed by atoms with van der Waals surface area (Å²) >= 11 is 1.32. The van der Waals surface area contributed by atoms with Crippen LogP contribution >= 0.6 is 11.3 Å². The van der Waals surface area contributed by atoms with Crippen molar-refractivity contribution in [1.29, 1.82) is 0 Å². The number of anilines is 2. The summed E-state index contributed by atoms with van der Waals surface area (Å²) in [6.45, 7) is 0. The number of thiazole rings is 1. The summed E-state index contributed by atoms with van der Waals surface area (Å²) in [6.07, 6.45) is 1.61. The van der Waals surface area contributed by atoms with E-state index >= 15 is 0 Å². The van der Waals surface area contributed by atoms with Crippen molar-refractivity contribution in [2.45, 2.75) is 0 Å². The Morgan fingerprint density at radius 1 is 1.00 bits per heavy atom. The molecule has 6 nitrogen and oxygen atoms in total. The van der Waals surface area contributed by atoms with E-state index in [1.54, 1.807) is 67.2 Å². The second-order valence-electron chi connectivity index (χ2n) is 5.02. The number of amides is 2. The van der Waals surface area contributed by atoms with Gasteiger partial charge in [-0.15, -0.1) is 11.3 Å². The molecule has 25 heavy (non-hydrogen) atoms. The monoisotopic (exact) mass is 353 g/mol. The number of hydrogen-bond donors (Lipinski definition) is 2. The highest BCUT2D eigenvalue weighted by molar-refractivity contribution is 7.13. The average molecular weight is 353 g/mol. The lowest BCUT2D eigenvalue weighted by molar-refractivity contribution is 0.102. The largest absolute Gasteiger partial charge is 0.497 e. The minimum Gasteiger partial charge on any atom is -0.497 e. The highest BCUT2D eigenvalue weighted by Gasteiger charge is 2.15. The molecule has 2 N–H and O–H groups in total. The molecule has 126 valence electrons. The van der Waals surface area contributed by atoms with Gasteiger partial charge in [-0.3, -0.25) is 14.9 Å². The highest BCUT2D eigenvalue weighted by Crippen LogP contribution is 2.20. The maximum Gasteiger partial charge on any atom is 0.259 e. The topological polar surface area (TPSA) is 80.3 Å². The first kappa shape index (κ1) is 16.7. The fourth-order valence-electron chi connectivity index (χ4n) is 2.18. The van der Waals surface area contributed by atoms with Gasteiger partial charge in [0.2, 0.25) is 0 Å². The van der Waals surface area contributed by atoms with Gasteiger partial charge in [-0.2, -0.15) is 0 Å². The number of rotatable bonds is 5. The molecule has 0 bridgehead atoms. The zero-order valence-corrected chi connectivity index (χ0v) is 14.2. The van der Waals surface area contributed by atoms with Gasteiger partial charge in [0, 0.05) is 17.1 Å². The molecule has 7 heteroatoms. The number of methoxy groups -OCH3 is 1. The smallest absolute Gasteiger partial charge is 0.259 e. The highest BCUT2D eigenvalue weighted by atomic mass is 32.1. The minimum absolute atomic E-state index is 0.308. The average Bonchev–Trinajstić information content (AvgIpc) is 3.15. The lowest BCUT2D eigenvalue weighted by Gasteiger charge is -2.11. The fourth-order valence-corrected chi connectivity index (χ4v) is 2.70. The van der Waals surface area contributed by atoms with E-state index in [1.807, 2.05) is 0 Å². The Labute approximate surface area is 148 Å². The van der Waals surface area contributed by atoms with E-state index in [-0.39, 0.29) is 11.8 Å². The van der Waals surface area contributed by atoms with Crippen LogP contribution in [0.1, 0.15) is 20.7 Å². The molecule has 0 atom stereocenters. The van der Waals surface area contributed by atoms with Crippen LogP contribution in [-0.2, 0) is 0 Å². The molecule has 0 saturated carbocycles. The molecule has 0 fully saturated rings. The van der Waals surface area contributed by atoms with Crippen LogP contribution in [0.3, 0.4) is 0 Å². The van der Waals surface area contributed by atoms with Gasteiger partial charge in [-0.1, -0.05) is 12.1 Å². The molecule has 1 heterocycles. The Morgan fingerprint density at radius 2 is 1.76 bits per heavy atom. The van der Waals surface area contributed by atoms with E-state index in [9.17, 15) is 9.59 Å². The number of hydrogen-bond acceptors (Lipinski definition) is 5. The van der Waals surface area contributed by atoms with Crippen LogP contribution < -0.4 is 15.4 Å². The summed E-state index contributed by atoms with van der Waals surface area (Å²) in [6, 6.07) is 13.5. The van der Waals surface area contributed by atoms with Gasteiger partial charge in [0.15, 0.2) is 5.13 Å². The van der Waals surface area contributed by atoms with Gasteiger partial charge in [0.1, 0.15) is 5.75 Å². The molecule has 0 spiro atoms. The van der Waals surface area contributed by atoms with E-state index in [0.717, 1.165) is 0 Å². The van der Waals surface area contributed by atoms with E-state index in [1.165, 1.54) is 11.3 Å². The van der Waals surface area contributed by atoms with Gasteiger partial charge in [-0.25, -0.2) is 4.98 Å². The zero-order valence-electron chi connectivity index (χ0n) is 13.4. The molecule has 3 rings (SSSR count). The molecule has 0 unspecified atom stereocenters. The normalized spacial score (nSPS) is 10.1. The van der Waals surface area contributed by atoms with E-state index in [0.29, 0.717) is 27.7 Å². The molecule has 1 aromatic heterocycles. The number of benzene rings is 2. The zero-order chi connectivity index (χ0) is 17.6. The number of aromatic nitrogens is 1. The van der Waals surface area contributed by atoms with Gasteiger partial charge < -0.3 is 10.1 Å². The molecule has 0 radical (unpaired) electrons. The first-order chi connectivity index (χ1) is 12.2. The van der Waals surface area contributed by atoms with E-state index in [4.69, 9.17) is 4.74 Å². The maximum atomic E-state index is 12.4. The molecule has 0 aliphatic heterocycles. The Bertz CT molecular complexity index is 877. The molecule has 2 amide bonds. The molecular formula is C18H15N3O3S. The first-order valence-electron chi connectivity index (χ1n) is 7.42. The van der Waals surface area contributed by atoms with Crippen LogP contribution in [0.25, 0.3) is 0 Å². The van der Waals surface area contributed by atoms with Crippen molar-refractivity contribution in [3.63, 3.8) is 0 Å². The Morgan fingerprint density at radius 3 is 2.44 bits per heavy atom. The van der Waals surface area contributed by atoms with E-state index in [2.05, 4.69) is 15.6 Å². The van der Waals surface area contributed by atoms with Crippen LogP contribution in [0.4, 0.5) is 10.8 Å². The van der Waals surface area contributed by atoms with E-state index < -0.39 is 0 Å². The standard InChI is InChI=1S/C18H15N3O3S/c1-24-13-8-6-12(7-9-13)16(22)20-15-5-3-2-4-14(15)17(23)21-18-19-10-11-25-18/h2-11H,1H3,(H,20,22)(H,19,21,23). The molecule has 0 saturated heterocycles. The van der Waals surface area contributed by atoms with Crippen LogP contribution in [0.5, 0.6) is 5.75 Å². The van der Waals surface area contributed by atoms with Gasteiger partial charge in [-0.05, 0) is 36.4 Å². The Balaban J connectivity index is 1.78. The summed E-state index contributed by atoms with van der Waals surface area (Å²) in [4.78, 5) is 28.9. The molecule has 3 aromatic rings. The van der Waals surface area contributed by atoms with Crippen molar-refractivity contribution in [2.24, 2.45) is 0 Å². The SMILES string of the molecule is COc1ccc(C(=O)Nc2ccccc2C(=O)Nc2nccs2)cc1. The number of nitrogens with zero attached hydrogens (tertiary/aromatic N) is 1. The third-order valence-electron chi connectivity index (χ3n) is 3.42. The summed E-state index contributed by atoms with van der Waals surface area (Å²) in [5.74, 6) is 0.0255. The molecule has 2 aromatic carbocycles. The summed E-state index contributed by atoms with van der Waals surface area (Å²) in [7, 11) is 1.56. The predicted molar refractivity (Wildman–Crippen MR) is 97.5 cm³/mol. The number of para-hydroxylation sites is 1. The van der Waals surface area contributed by atoms with Crippen molar-refractivity contribution in [3.05, 3.63) is 71.2 Å². The minimum atomic E-state index is -0.333. The summed E-state index contributed by atoms with van der Waals surface area (Å²) in [5.41, 5.74) is 1.26. The van der Waals surface area contributed by atoms with Crippen molar-refractivity contribution < 1.29 is 14.3 Å². The fraction of sp³-hybridized carbons (Fsp3) is 0.0556. The van der Waals surface area contributed by atoms with Gasteiger partial charge in [0.25, 0.3) is 11.8 Å². The maximum absolute atomic E-state index is 12.4. The van der Waals surface area contributed by atoms with Crippen LogP contribution in [0, 0.1) is 0 Å². The van der Waals surface area contributed by atoms with Crippen molar-refractivity contribution in [1.82, 2.24) is 4.98 Å². The number of ether oxygens (including phenoxy) is 1. The van der Waals surface area contributed by atoms with Gasteiger partial charge in [0.05, 0.1) is 18.4 Å². The summed E-state index contributed by atoms with van der Waals surface area (Å²) < 4.78 is 5.08. The molecule has 0 aliphatic rings. The quantitative estimate of drug-likeness (QED) is 0.734. The molecular weight excluding hydrogens is 338 g/mol. The lowest BCUT2D eigenvalue weighted by atomic mass is 10.1.